The minimum Gasteiger partial charge on any atom is -0.386 e. The van der Waals surface area contributed by atoms with E-state index in [1.165, 1.54) is 6.07 Å². The SMILES string of the molecule is Cc1cnn2c(NC[C@@H](O)c3c[nH]c4ccccc34)cc(-c3cncc(F)c3)nc12.S. The molecule has 9 heteroatoms. The molecule has 0 saturated heterocycles. The minimum atomic E-state index is -0.736. The van der Waals surface area contributed by atoms with Crippen molar-refractivity contribution in [3.63, 3.8) is 0 Å². The van der Waals surface area contributed by atoms with Crippen LogP contribution in [0.25, 0.3) is 27.8 Å². The summed E-state index contributed by atoms with van der Waals surface area (Å²) < 4.78 is 15.3. The zero-order chi connectivity index (χ0) is 20.7. The fraction of sp³-hybridized carbons (Fsp3) is 0.136. The van der Waals surface area contributed by atoms with Gasteiger partial charge in [0, 0.05) is 52.6 Å². The number of nitrogens with zero attached hydrogens (tertiary/aromatic N) is 4. The molecule has 0 aliphatic carbocycles. The van der Waals surface area contributed by atoms with E-state index in [9.17, 15) is 9.50 Å². The lowest BCUT2D eigenvalue weighted by molar-refractivity contribution is 0.193. The molecule has 0 fully saturated rings. The van der Waals surface area contributed by atoms with Gasteiger partial charge in [-0.2, -0.15) is 23.1 Å². The third-order valence-electron chi connectivity index (χ3n) is 5.11. The number of halogens is 1. The van der Waals surface area contributed by atoms with E-state index < -0.39 is 11.9 Å². The van der Waals surface area contributed by atoms with Gasteiger partial charge in [-0.05, 0) is 19.1 Å². The maximum atomic E-state index is 13.7. The fourth-order valence-electron chi connectivity index (χ4n) is 3.58. The van der Waals surface area contributed by atoms with Crippen molar-refractivity contribution in [1.82, 2.24) is 24.6 Å². The molecule has 7 nitrogen and oxygen atoms in total. The third kappa shape index (κ3) is 3.85. The lowest BCUT2D eigenvalue weighted by Crippen LogP contribution is -2.14. The number of anilines is 1. The van der Waals surface area contributed by atoms with Crippen molar-refractivity contribution in [2.45, 2.75) is 13.0 Å². The first kappa shape index (κ1) is 20.8. The predicted octanol–water partition coefficient (Wildman–Crippen LogP) is 3.98. The smallest absolute Gasteiger partial charge is 0.160 e. The number of aliphatic hydroxyl groups excluding tert-OH is 1. The number of benzene rings is 1. The third-order valence-corrected chi connectivity index (χ3v) is 5.11. The second-order valence-electron chi connectivity index (χ2n) is 7.17. The Kier molecular flexibility index (Phi) is 5.62. The van der Waals surface area contributed by atoms with Crippen LogP contribution in [-0.4, -0.2) is 36.2 Å². The quantitative estimate of drug-likeness (QED) is 0.388. The van der Waals surface area contributed by atoms with Gasteiger partial charge in [-0.15, -0.1) is 0 Å². The number of aromatic nitrogens is 5. The first-order valence-corrected chi connectivity index (χ1v) is 9.54. The maximum absolute atomic E-state index is 13.7. The minimum absolute atomic E-state index is 0. The average molecular weight is 437 g/mol. The molecule has 1 aromatic carbocycles. The second kappa shape index (κ2) is 8.37. The van der Waals surface area contributed by atoms with Crippen LogP contribution in [0.15, 0.2) is 61.2 Å². The number of hydrogen-bond donors (Lipinski definition) is 3. The Morgan fingerprint density at radius 2 is 2.03 bits per heavy atom. The molecule has 0 aliphatic rings. The van der Waals surface area contributed by atoms with Crippen LogP contribution < -0.4 is 5.32 Å². The molecule has 0 unspecified atom stereocenters. The molecule has 4 heterocycles. The summed E-state index contributed by atoms with van der Waals surface area (Å²) in [6.45, 7) is 2.17. The number of aliphatic hydroxyl groups is 1. The van der Waals surface area contributed by atoms with E-state index in [2.05, 4.69) is 25.4 Å². The number of nitrogens with one attached hydrogen (secondary N) is 2. The second-order valence-corrected chi connectivity index (χ2v) is 7.17. The molecule has 0 saturated carbocycles. The highest BCUT2D eigenvalue weighted by atomic mass is 32.1. The fourth-order valence-corrected chi connectivity index (χ4v) is 3.58. The van der Waals surface area contributed by atoms with Crippen molar-refractivity contribution < 1.29 is 9.50 Å². The molecule has 0 spiro atoms. The highest BCUT2D eigenvalue weighted by Crippen LogP contribution is 2.26. The number of pyridine rings is 1. The summed E-state index contributed by atoms with van der Waals surface area (Å²) in [5.41, 5.74) is 4.47. The van der Waals surface area contributed by atoms with Gasteiger partial charge < -0.3 is 15.4 Å². The van der Waals surface area contributed by atoms with E-state index in [-0.39, 0.29) is 20.0 Å². The van der Waals surface area contributed by atoms with Gasteiger partial charge in [0.25, 0.3) is 0 Å². The van der Waals surface area contributed by atoms with Gasteiger partial charge in [0.1, 0.15) is 11.6 Å². The number of para-hydroxylation sites is 1. The highest BCUT2D eigenvalue weighted by Gasteiger charge is 2.15. The van der Waals surface area contributed by atoms with Gasteiger partial charge in [-0.3, -0.25) is 4.98 Å². The number of H-pyrrole nitrogens is 1. The molecule has 0 aliphatic heterocycles. The summed E-state index contributed by atoms with van der Waals surface area (Å²) in [6, 6.07) is 11.0. The van der Waals surface area contributed by atoms with E-state index in [4.69, 9.17) is 0 Å². The van der Waals surface area contributed by atoms with Crippen molar-refractivity contribution in [3.05, 3.63) is 78.1 Å². The van der Waals surface area contributed by atoms with Crippen molar-refractivity contribution in [3.8, 4) is 11.3 Å². The Balaban J connectivity index is 0.00000231. The molecule has 3 N–H and O–H groups in total. The first-order chi connectivity index (χ1) is 14.6. The van der Waals surface area contributed by atoms with Crippen LogP contribution in [-0.2, 0) is 0 Å². The molecule has 5 rings (SSSR count). The normalized spacial score (nSPS) is 12.1. The zero-order valence-electron chi connectivity index (χ0n) is 16.7. The number of hydrogen-bond acceptors (Lipinski definition) is 5. The molecule has 0 radical (unpaired) electrons. The molecule has 1 atom stereocenters. The van der Waals surface area contributed by atoms with E-state index in [1.54, 1.807) is 23.0 Å². The van der Waals surface area contributed by atoms with Crippen LogP contribution in [0.5, 0.6) is 0 Å². The van der Waals surface area contributed by atoms with E-state index in [1.807, 2.05) is 37.4 Å². The zero-order valence-corrected chi connectivity index (χ0v) is 17.7. The standard InChI is InChI=1S/C22H19FN6O.H2S/c1-13-8-27-29-21(7-19(28-22(13)29)14-6-15(23)10-24-9-14)26-12-20(30)17-11-25-18-5-3-2-4-16(17)18;/h2-11,20,25-26,30H,12H2,1H3;1H2/t20-;/m1./s1. The first-order valence-electron chi connectivity index (χ1n) is 9.54. The van der Waals surface area contributed by atoms with Crippen LogP contribution in [0.2, 0.25) is 0 Å². The predicted molar refractivity (Wildman–Crippen MR) is 123 cm³/mol. The van der Waals surface area contributed by atoms with Crippen molar-refractivity contribution in [2.75, 3.05) is 11.9 Å². The lowest BCUT2D eigenvalue weighted by atomic mass is 10.1. The van der Waals surface area contributed by atoms with E-state index in [0.717, 1.165) is 28.2 Å². The Morgan fingerprint density at radius 1 is 1.19 bits per heavy atom. The number of aryl methyl sites for hydroxylation is 1. The van der Waals surface area contributed by atoms with Crippen LogP contribution in [0, 0.1) is 12.7 Å². The molecule has 5 aromatic rings. The number of rotatable bonds is 5. The van der Waals surface area contributed by atoms with Crippen LogP contribution in [0.3, 0.4) is 0 Å². The van der Waals surface area contributed by atoms with Crippen molar-refractivity contribution >= 4 is 35.9 Å². The molecule has 31 heavy (non-hydrogen) atoms. The number of aromatic amines is 1. The Bertz CT molecular complexity index is 1360. The monoisotopic (exact) mass is 436 g/mol. The van der Waals surface area contributed by atoms with Crippen LogP contribution in [0.4, 0.5) is 10.2 Å². The van der Waals surface area contributed by atoms with E-state index >= 15 is 0 Å². The summed E-state index contributed by atoms with van der Waals surface area (Å²) in [7, 11) is 0. The molecule has 0 bridgehead atoms. The Morgan fingerprint density at radius 3 is 2.87 bits per heavy atom. The summed E-state index contributed by atoms with van der Waals surface area (Å²) >= 11 is 0. The molecular formula is C22H21FN6OS. The van der Waals surface area contributed by atoms with Gasteiger partial charge in [0.15, 0.2) is 5.65 Å². The largest absolute Gasteiger partial charge is 0.386 e. The van der Waals surface area contributed by atoms with Gasteiger partial charge in [-0.1, -0.05) is 18.2 Å². The van der Waals surface area contributed by atoms with Gasteiger partial charge >= 0.3 is 0 Å². The molecule has 158 valence electrons. The summed E-state index contributed by atoms with van der Waals surface area (Å²) in [5.74, 6) is 0.218. The van der Waals surface area contributed by atoms with Crippen molar-refractivity contribution in [2.24, 2.45) is 0 Å². The summed E-state index contributed by atoms with van der Waals surface area (Å²) in [5, 5.41) is 19.4. The number of fused-ring (bicyclic) bond motifs is 2. The van der Waals surface area contributed by atoms with Gasteiger partial charge in [0.05, 0.1) is 24.2 Å². The molecule has 0 amide bonds. The maximum Gasteiger partial charge on any atom is 0.160 e. The Hall–Kier alpha value is -3.43. The highest BCUT2D eigenvalue weighted by molar-refractivity contribution is 7.59. The average Bonchev–Trinajstić information content (AvgIpc) is 3.36. The lowest BCUT2D eigenvalue weighted by Gasteiger charge is -2.14. The van der Waals surface area contributed by atoms with E-state index in [0.29, 0.717) is 22.7 Å². The summed E-state index contributed by atoms with van der Waals surface area (Å²) in [6.07, 6.45) is 5.53. The molecule has 4 aromatic heterocycles. The van der Waals surface area contributed by atoms with Crippen molar-refractivity contribution in [1.29, 1.82) is 0 Å². The summed E-state index contributed by atoms with van der Waals surface area (Å²) in [4.78, 5) is 11.7. The van der Waals surface area contributed by atoms with Crippen LogP contribution in [0.1, 0.15) is 17.2 Å². The van der Waals surface area contributed by atoms with Gasteiger partial charge in [-0.25, -0.2) is 9.37 Å². The molecular weight excluding hydrogens is 415 g/mol. The van der Waals surface area contributed by atoms with Crippen LogP contribution >= 0.6 is 13.5 Å². The topological polar surface area (TPSA) is 91.1 Å². The van der Waals surface area contributed by atoms with Gasteiger partial charge in [0.2, 0.25) is 0 Å². The Labute approximate surface area is 184 Å².